The van der Waals surface area contributed by atoms with Crippen molar-refractivity contribution in [3.8, 4) is 0 Å². The zero-order valence-corrected chi connectivity index (χ0v) is 11.4. The molecule has 0 saturated carbocycles. The molecule has 0 saturated heterocycles. The average molecular weight is 351 g/mol. The molecular weight excluding hydrogens is 347 g/mol. The maximum atomic E-state index is 0. The predicted octanol–water partition coefficient (Wildman–Crippen LogP) is -0.983. The van der Waals surface area contributed by atoms with Crippen molar-refractivity contribution >= 4 is 48.9 Å². The second kappa shape index (κ2) is 16.3. The van der Waals surface area contributed by atoms with Crippen molar-refractivity contribution in [1.29, 1.82) is 0 Å². The molecule has 0 unspecified atom stereocenters. The Morgan fingerprint density at radius 2 is 1.25 bits per heavy atom. The van der Waals surface area contributed by atoms with Gasteiger partial charge in [0.15, 0.2) is 0 Å². The molecule has 0 aromatic heterocycles. The Kier molecular flexibility index (Phi) is 109. The standard InChI is InChI=1S/Ba.La.Mn.H2O.2H/h;;;1H2;;/q+2;;;;2*-1. The van der Waals surface area contributed by atoms with Crippen molar-refractivity contribution in [2.45, 2.75) is 0 Å². The first-order valence-electron chi connectivity index (χ1n) is 0. The molecule has 1 nitrogen and oxygen atoms in total. The summed E-state index contributed by atoms with van der Waals surface area (Å²) in [6, 6.07) is 0. The van der Waals surface area contributed by atoms with Crippen LogP contribution in [-0.4, -0.2) is 54.4 Å². The molecule has 0 atom stereocenters. The minimum atomic E-state index is 0. The van der Waals surface area contributed by atoms with E-state index in [1.807, 2.05) is 0 Å². The molecule has 0 aliphatic carbocycles. The van der Waals surface area contributed by atoms with E-state index in [4.69, 9.17) is 0 Å². The third-order valence-corrected chi connectivity index (χ3v) is 0. The van der Waals surface area contributed by atoms with E-state index in [2.05, 4.69) is 0 Å². The number of hydrogen-bond acceptors (Lipinski definition) is 0. The zero-order valence-electron chi connectivity index (χ0n) is 4.16. The molecule has 2 N–H and O–H groups in total. The maximum Gasteiger partial charge on any atom is 2.00 e. The predicted molar refractivity (Wildman–Crippen MR) is 11.6 cm³/mol. The molecule has 0 heterocycles. The van der Waals surface area contributed by atoms with Crippen LogP contribution in [0.5, 0.6) is 0 Å². The summed E-state index contributed by atoms with van der Waals surface area (Å²) < 4.78 is 0. The SMILES string of the molecule is O.[Ba+2].[H-].[H-].[La].[Mn]. The van der Waals surface area contributed by atoms with E-state index in [1.165, 1.54) is 0 Å². The Labute approximate surface area is 107 Å². The van der Waals surface area contributed by atoms with E-state index in [1.54, 1.807) is 0 Å². The summed E-state index contributed by atoms with van der Waals surface area (Å²) in [5.74, 6) is 0. The Bertz CT molecular complexity index is 13.5. The van der Waals surface area contributed by atoms with E-state index >= 15 is 0 Å². The van der Waals surface area contributed by atoms with Crippen LogP contribution < -0.4 is 0 Å². The van der Waals surface area contributed by atoms with E-state index in [-0.39, 0.29) is 110 Å². The monoisotopic (exact) mass is 352 g/mol. The van der Waals surface area contributed by atoms with Crippen LogP contribution >= 0.6 is 0 Å². The minimum Gasteiger partial charge on any atom is -1.00 e. The van der Waals surface area contributed by atoms with Crippen molar-refractivity contribution in [2.24, 2.45) is 0 Å². The van der Waals surface area contributed by atoms with Crippen LogP contribution in [0.1, 0.15) is 2.85 Å². The Balaban J connectivity index is 0. The Morgan fingerprint density at radius 1 is 1.25 bits per heavy atom. The molecule has 22 valence electrons. The van der Waals surface area contributed by atoms with Gasteiger partial charge in [0, 0.05) is 52.7 Å². The zero-order chi connectivity index (χ0) is 0. The molecule has 0 rings (SSSR count). The Morgan fingerprint density at radius 3 is 1.25 bits per heavy atom. The molecule has 0 bridgehead atoms. The topological polar surface area (TPSA) is 31.5 Å². The summed E-state index contributed by atoms with van der Waals surface area (Å²) in [5.41, 5.74) is 0. The molecule has 0 amide bonds. The molecule has 4 heavy (non-hydrogen) atoms. The summed E-state index contributed by atoms with van der Waals surface area (Å²) in [7, 11) is 0. The van der Waals surface area contributed by atoms with Gasteiger partial charge in [-0.25, -0.2) is 0 Å². The smallest absolute Gasteiger partial charge is 1.00 e. The van der Waals surface area contributed by atoms with Gasteiger partial charge < -0.3 is 8.33 Å². The first-order chi connectivity index (χ1) is 0. The third-order valence-electron chi connectivity index (χ3n) is 0. The van der Waals surface area contributed by atoms with Gasteiger partial charge in [0.2, 0.25) is 0 Å². The average Bonchev–Trinajstić information content (AvgIpc) is 0. The van der Waals surface area contributed by atoms with Crippen LogP contribution in [0.2, 0.25) is 0 Å². The molecule has 2 radical (unpaired) electrons. The second-order valence-corrected chi connectivity index (χ2v) is 0. The minimum absolute atomic E-state index is 0. The van der Waals surface area contributed by atoms with Gasteiger partial charge in [-0.3, -0.25) is 0 Å². The summed E-state index contributed by atoms with van der Waals surface area (Å²) >= 11 is 0. The Hall–Kier alpha value is 3.25. The van der Waals surface area contributed by atoms with Crippen LogP contribution in [0.15, 0.2) is 0 Å². The first-order valence-corrected chi connectivity index (χ1v) is 0. The van der Waals surface area contributed by atoms with Crippen LogP contribution in [-0.2, 0) is 17.1 Å². The second-order valence-electron chi connectivity index (χ2n) is 0. The quantitative estimate of drug-likeness (QED) is 0.503. The van der Waals surface area contributed by atoms with Crippen LogP contribution in [0.25, 0.3) is 0 Å². The van der Waals surface area contributed by atoms with Gasteiger partial charge in [0.25, 0.3) is 0 Å². The first kappa shape index (κ1) is 26.8. The van der Waals surface area contributed by atoms with Gasteiger partial charge in [-0.2, -0.15) is 0 Å². The maximum absolute atomic E-state index is 0. The summed E-state index contributed by atoms with van der Waals surface area (Å²) in [6.07, 6.45) is 0. The summed E-state index contributed by atoms with van der Waals surface area (Å²) in [6.45, 7) is 0. The fourth-order valence-corrected chi connectivity index (χ4v) is 0. The van der Waals surface area contributed by atoms with Gasteiger partial charge in [-0.1, -0.05) is 0 Å². The van der Waals surface area contributed by atoms with Crippen molar-refractivity contribution < 1.29 is 61.0 Å². The molecule has 0 aromatic carbocycles. The molecular formula is H4BaLaMnO. The van der Waals surface area contributed by atoms with E-state index < -0.39 is 0 Å². The summed E-state index contributed by atoms with van der Waals surface area (Å²) in [5, 5.41) is 0. The van der Waals surface area contributed by atoms with E-state index in [0.717, 1.165) is 0 Å². The molecule has 0 aliphatic rings. The van der Waals surface area contributed by atoms with Gasteiger partial charge in [0.1, 0.15) is 0 Å². The fourth-order valence-electron chi connectivity index (χ4n) is 0. The third kappa shape index (κ3) is 8.98. The number of rotatable bonds is 0. The molecule has 0 spiro atoms. The molecule has 0 fully saturated rings. The van der Waals surface area contributed by atoms with Crippen molar-refractivity contribution in [3.63, 3.8) is 0 Å². The van der Waals surface area contributed by atoms with Gasteiger partial charge >= 0.3 is 48.9 Å². The molecule has 4 heteroatoms. The van der Waals surface area contributed by atoms with Crippen LogP contribution in [0.3, 0.4) is 0 Å². The van der Waals surface area contributed by atoms with Gasteiger partial charge in [-0.05, 0) is 0 Å². The van der Waals surface area contributed by atoms with E-state index in [0.29, 0.717) is 0 Å². The van der Waals surface area contributed by atoms with Crippen molar-refractivity contribution in [2.75, 3.05) is 0 Å². The van der Waals surface area contributed by atoms with Crippen LogP contribution in [0, 0.1) is 35.6 Å². The summed E-state index contributed by atoms with van der Waals surface area (Å²) in [4.78, 5) is 0. The fraction of sp³-hybridized carbons (Fsp3) is 0. The van der Waals surface area contributed by atoms with E-state index in [9.17, 15) is 0 Å². The van der Waals surface area contributed by atoms with Gasteiger partial charge in [-0.15, -0.1) is 0 Å². The largest absolute Gasteiger partial charge is 2.00 e. The van der Waals surface area contributed by atoms with Crippen molar-refractivity contribution in [1.82, 2.24) is 0 Å². The van der Waals surface area contributed by atoms with Crippen LogP contribution in [0.4, 0.5) is 0 Å². The molecule has 0 aromatic rings. The normalized spacial score (nSPS) is 0. The molecule has 0 aliphatic heterocycles. The van der Waals surface area contributed by atoms with Gasteiger partial charge in [0.05, 0.1) is 0 Å². The van der Waals surface area contributed by atoms with Crippen molar-refractivity contribution in [3.05, 3.63) is 0 Å². The number of hydrogen-bond donors (Lipinski definition) is 0.